The summed E-state index contributed by atoms with van der Waals surface area (Å²) in [7, 11) is 1.53. The van der Waals surface area contributed by atoms with Crippen molar-refractivity contribution in [2.75, 3.05) is 40.9 Å². The Morgan fingerprint density at radius 3 is 1.64 bits per heavy atom. The van der Waals surface area contributed by atoms with Crippen LogP contribution in [-0.2, 0) is 18.4 Å². The molecule has 0 aromatic carbocycles. The van der Waals surface area contributed by atoms with Crippen LogP contribution in [0, 0.1) is 0 Å². The van der Waals surface area contributed by atoms with Crippen molar-refractivity contribution in [3.8, 4) is 0 Å². The molecule has 0 spiro atoms. The number of carbonyl (C=O) groups excluding carboxylic acids is 1. The molecule has 0 aliphatic rings. The molecular weight excluding hydrogens is 719 g/mol. The Balaban J connectivity index is 4.50. The number of rotatable bonds is 39. The van der Waals surface area contributed by atoms with E-state index in [-0.39, 0.29) is 19.1 Å². The Hall–Kier alpha value is -2.06. The van der Waals surface area contributed by atoms with E-state index >= 15 is 0 Å². The van der Waals surface area contributed by atoms with Gasteiger partial charge in [0.2, 0.25) is 5.91 Å². The molecule has 0 aliphatic heterocycles. The molecule has 0 fully saturated rings. The molecule has 3 N–H and O–H groups in total. The van der Waals surface area contributed by atoms with Crippen LogP contribution in [0.3, 0.4) is 0 Å². The summed E-state index contributed by atoms with van der Waals surface area (Å²) in [5.74, 6) is -0.205. The van der Waals surface area contributed by atoms with Crippen LogP contribution in [0.2, 0.25) is 0 Å². The van der Waals surface area contributed by atoms with E-state index in [2.05, 4.69) is 79.9 Å². The number of hydrogen-bond donors (Lipinski definition) is 3. The van der Waals surface area contributed by atoms with Gasteiger partial charge in [-0.3, -0.25) is 13.8 Å². The van der Waals surface area contributed by atoms with Crippen molar-refractivity contribution in [3.05, 3.63) is 72.9 Å². The minimum Gasteiger partial charge on any atom is -0.387 e. The second-order valence-corrected chi connectivity index (χ2v) is 17.5. The topological polar surface area (TPSA) is 105 Å². The van der Waals surface area contributed by atoms with Gasteiger partial charge < -0.3 is 19.8 Å². The summed E-state index contributed by atoms with van der Waals surface area (Å²) in [5.41, 5.74) is 0. The zero-order chi connectivity index (χ0) is 41.4. The maximum atomic E-state index is 12.9. The van der Waals surface area contributed by atoms with Gasteiger partial charge in [-0.15, -0.1) is 0 Å². The number of phosphoric acid groups is 1. The molecule has 0 aromatic heterocycles. The summed E-state index contributed by atoms with van der Waals surface area (Å²) in [5, 5.41) is 13.8. The van der Waals surface area contributed by atoms with E-state index in [9.17, 15) is 19.4 Å². The van der Waals surface area contributed by atoms with Crippen molar-refractivity contribution < 1.29 is 32.9 Å². The minimum atomic E-state index is -4.35. The highest BCUT2D eigenvalue weighted by molar-refractivity contribution is 7.47. The van der Waals surface area contributed by atoms with Gasteiger partial charge in [0.05, 0.1) is 39.9 Å². The largest absolute Gasteiger partial charge is 0.472 e. The Labute approximate surface area is 344 Å². The van der Waals surface area contributed by atoms with Gasteiger partial charge in [-0.05, 0) is 70.6 Å². The third-order valence-corrected chi connectivity index (χ3v) is 10.4. The smallest absolute Gasteiger partial charge is 0.387 e. The molecule has 0 bridgehead atoms. The number of phosphoric ester groups is 1. The molecular formula is C47H86N2O6P+. The summed E-state index contributed by atoms with van der Waals surface area (Å²) in [6.45, 7) is 4.64. The van der Waals surface area contributed by atoms with Crippen LogP contribution in [0.15, 0.2) is 72.9 Å². The second-order valence-electron chi connectivity index (χ2n) is 16.0. The van der Waals surface area contributed by atoms with Gasteiger partial charge in [0.25, 0.3) is 0 Å². The van der Waals surface area contributed by atoms with Crippen molar-refractivity contribution in [1.82, 2.24) is 5.32 Å². The zero-order valence-electron chi connectivity index (χ0n) is 36.6. The monoisotopic (exact) mass is 806 g/mol. The number of quaternary nitrogens is 1. The fraction of sp³-hybridized carbons (Fsp3) is 0.723. The summed E-state index contributed by atoms with van der Waals surface area (Å²) >= 11 is 0. The molecule has 3 unspecified atom stereocenters. The summed E-state index contributed by atoms with van der Waals surface area (Å²) in [6.07, 6.45) is 51.1. The van der Waals surface area contributed by atoms with Crippen molar-refractivity contribution >= 4 is 13.7 Å². The average molecular weight is 806 g/mol. The quantitative estimate of drug-likeness (QED) is 0.0247. The van der Waals surface area contributed by atoms with Crippen molar-refractivity contribution in [1.29, 1.82) is 0 Å². The molecule has 0 saturated carbocycles. The molecule has 0 heterocycles. The SMILES string of the molecule is CC/C=C\C/C=C\C/C=C\C/C=C\CCCCCCCCC(=O)NC(COP(=O)(O)OCC[N+](C)(C)C)C(O)/C=C/CC/C=C/CCCCCCCCCCC. The molecule has 8 nitrogen and oxygen atoms in total. The Kier molecular flexibility index (Phi) is 37.0. The van der Waals surface area contributed by atoms with Crippen LogP contribution in [0.25, 0.3) is 0 Å². The Morgan fingerprint density at radius 2 is 1.09 bits per heavy atom. The number of aliphatic hydroxyl groups excluding tert-OH is 1. The van der Waals surface area contributed by atoms with Gasteiger partial charge in [-0.1, -0.05) is 164 Å². The number of likely N-dealkylation sites (N-methyl/N-ethyl adjacent to an activating group) is 1. The molecule has 1 amide bonds. The number of nitrogens with one attached hydrogen (secondary N) is 1. The molecule has 9 heteroatoms. The first kappa shape index (κ1) is 53.9. The highest BCUT2D eigenvalue weighted by Gasteiger charge is 2.27. The number of allylic oxidation sites excluding steroid dienone is 11. The van der Waals surface area contributed by atoms with Crippen molar-refractivity contribution in [3.63, 3.8) is 0 Å². The van der Waals surface area contributed by atoms with E-state index in [1.165, 1.54) is 70.6 Å². The first-order valence-corrected chi connectivity index (χ1v) is 23.8. The van der Waals surface area contributed by atoms with Crippen LogP contribution >= 0.6 is 7.82 Å². The summed E-state index contributed by atoms with van der Waals surface area (Å²) in [4.78, 5) is 23.1. The molecule has 0 aliphatic carbocycles. The Morgan fingerprint density at radius 1 is 0.625 bits per heavy atom. The molecule has 56 heavy (non-hydrogen) atoms. The maximum Gasteiger partial charge on any atom is 0.472 e. The molecule has 0 rings (SSSR count). The number of nitrogens with zero attached hydrogens (tertiary/aromatic N) is 1. The normalized spacial score (nSPS) is 15.1. The van der Waals surface area contributed by atoms with Crippen LogP contribution in [0.4, 0.5) is 0 Å². The number of aliphatic hydroxyl groups is 1. The lowest BCUT2D eigenvalue weighted by molar-refractivity contribution is -0.870. The zero-order valence-corrected chi connectivity index (χ0v) is 37.5. The van der Waals surface area contributed by atoms with Gasteiger partial charge in [0, 0.05) is 6.42 Å². The van der Waals surface area contributed by atoms with Crippen LogP contribution in [0.5, 0.6) is 0 Å². The van der Waals surface area contributed by atoms with E-state index in [1.54, 1.807) is 6.08 Å². The van der Waals surface area contributed by atoms with Crippen LogP contribution in [-0.4, -0.2) is 73.4 Å². The van der Waals surface area contributed by atoms with Crippen LogP contribution in [0.1, 0.15) is 168 Å². The minimum absolute atomic E-state index is 0.0494. The predicted molar refractivity (Wildman–Crippen MR) is 240 cm³/mol. The lowest BCUT2D eigenvalue weighted by atomic mass is 10.1. The molecule has 0 radical (unpaired) electrons. The maximum absolute atomic E-state index is 12.9. The number of amides is 1. The first-order chi connectivity index (χ1) is 27.0. The van der Waals surface area contributed by atoms with E-state index in [4.69, 9.17) is 9.05 Å². The molecule has 3 atom stereocenters. The molecule has 0 aromatic rings. The van der Waals surface area contributed by atoms with Crippen molar-refractivity contribution in [2.45, 2.75) is 180 Å². The van der Waals surface area contributed by atoms with E-state index in [0.29, 0.717) is 17.4 Å². The van der Waals surface area contributed by atoms with E-state index in [0.717, 1.165) is 77.0 Å². The molecule has 0 saturated heterocycles. The third-order valence-electron chi connectivity index (χ3n) is 9.41. The van der Waals surface area contributed by atoms with Gasteiger partial charge in [0.15, 0.2) is 0 Å². The fourth-order valence-corrected chi connectivity index (χ4v) is 6.61. The lowest BCUT2D eigenvalue weighted by Crippen LogP contribution is -2.45. The van der Waals surface area contributed by atoms with E-state index in [1.807, 2.05) is 27.2 Å². The first-order valence-electron chi connectivity index (χ1n) is 22.3. The highest BCUT2D eigenvalue weighted by atomic mass is 31.2. The standard InChI is InChI=1S/C47H85N2O6P/c1-6-8-10-12-14-16-18-20-22-23-24-25-27-29-31-33-35-37-39-41-47(51)48-45(44-55-56(52,53)54-43-42-49(3,4)5)46(50)40-38-36-34-32-30-28-26-21-19-17-15-13-11-9-7-2/h8,10,14,16,20,22,24-25,30,32,38,40,45-46,50H,6-7,9,11-13,15,17-19,21,23,26-29,31,33-37,39,41-44H2,1-5H3,(H-,48,51,52,53)/p+1/b10-8-,16-14-,22-20-,25-24-,32-30+,40-38+. The number of hydrogen-bond acceptors (Lipinski definition) is 5. The highest BCUT2D eigenvalue weighted by Crippen LogP contribution is 2.43. The number of unbranched alkanes of at least 4 members (excludes halogenated alkanes) is 16. The van der Waals surface area contributed by atoms with Crippen molar-refractivity contribution in [2.24, 2.45) is 0 Å². The van der Waals surface area contributed by atoms with Gasteiger partial charge >= 0.3 is 7.82 Å². The molecule has 324 valence electrons. The fourth-order valence-electron chi connectivity index (χ4n) is 5.87. The van der Waals surface area contributed by atoms with Crippen LogP contribution < -0.4 is 5.32 Å². The van der Waals surface area contributed by atoms with Gasteiger partial charge in [0.1, 0.15) is 13.2 Å². The predicted octanol–water partition coefficient (Wildman–Crippen LogP) is 12.4. The Bertz CT molecular complexity index is 1140. The second kappa shape index (κ2) is 38.5. The van der Waals surface area contributed by atoms with Gasteiger partial charge in [-0.2, -0.15) is 0 Å². The lowest BCUT2D eigenvalue weighted by Gasteiger charge is -2.25. The third kappa shape index (κ3) is 40.1. The van der Waals surface area contributed by atoms with E-state index < -0.39 is 20.0 Å². The van der Waals surface area contributed by atoms with Gasteiger partial charge in [-0.25, -0.2) is 4.57 Å². The number of carbonyl (C=O) groups is 1. The summed E-state index contributed by atoms with van der Waals surface area (Å²) in [6, 6.07) is -0.873. The summed E-state index contributed by atoms with van der Waals surface area (Å²) < 4.78 is 23.5. The average Bonchev–Trinajstić information content (AvgIpc) is 3.15.